The van der Waals surface area contributed by atoms with E-state index in [0.29, 0.717) is 12.2 Å². The first kappa shape index (κ1) is 13.5. The lowest BCUT2D eigenvalue weighted by molar-refractivity contribution is 0.341. The van der Waals surface area contributed by atoms with Crippen LogP contribution in [0.3, 0.4) is 0 Å². The molecule has 0 aliphatic heterocycles. The molecule has 0 spiro atoms. The van der Waals surface area contributed by atoms with Gasteiger partial charge in [0, 0.05) is 12.7 Å². The van der Waals surface area contributed by atoms with E-state index in [-0.39, 0.29) is 18.2 Å². The van der Waals surface area contributed by atoms with Crippen molar-refractivity contribution in [2.24, 2.45) is 5.73 Å². The van der Waals surface area contributed by atoms with Crippen molar-refractivity contribution in [1.29, 1.82) is 5.41 Å². The van der Waals surface area contributed by atoms with Gasteiger partial charge in [-0.2, -0.15) is 0 Å². The van der Waals surface area contributed by atoms with E-state index in [1.807, 2.05) is 0 Å². The zero-order chi connectivity index (χ0) is 12.9. The highest BCUT2D eigenvalue weighted by molar-refractivity contribution is 7.90. The maximum Gasteiger partial charge on any atom is 0.150 e. The van der Waals surface area contributed by atoms with Gasteiger partial charge < -0.3 is 10.5 Å². The van der Waals surface area contributed by atoms with Crippen molar-refractivity contribution >= 4 is 15.7 Å². The van der Waals surface area contributed by atoms with E-state index in [4.69, 9.17) is 15.9 Å². The fourth-order valence-electron chi connectivity index (χ4n) is 1.23. The van der Waals surface area contributed by atoms with E-state index in [2.05, 4.69) is 0 Å². The van der Waals surface area contributed by atoms with E-state index in [1.165, 1.54) is 6.26 Å². The zero-order valence-electron chi connectivity index (χ0n) is 9.64. The van der Waals surface area contributed by atoms with Gasteiger partial charge in [-0.3, -0.25) is 5.41 Å². The van der Waals surface area contributed by atoms with E-state index in [1.54, 1.807) is 24.3 Å². The number of nitrogens with two attached hydrogens (primary N) is 1. The Morgan fingerprint density at radius 1 is 1.35 bits per heavy atom. The van der Waals surface area contributed by atoms with Crippen molar-refractivity contribution < 1.29 is 13.2 Å². The summed E-state index contributed by atoms with van der Waals surface area (Å²) in [4.78, 5) is 0. The molecule has 94 valence electrons. The Bertz CT molecular complexity index is 480. The average Bonchev–Trinajstić information content (AvgIpc) is 2.18. The van der Waals surface area contributed by atoms with Gasteiger partial charge in [0.05, 0.1) is 11.6 Å². The Morgan fingerprint density at radius 2 is 1.94 bits per heavy atom. The number of hydrogen-bond donors (Lipinski definition) is 2. The van der Waals surface area contributed by atoms with Gasteiger partial charge in [-0.05, 0) is 17.7 Å². The molecule has 0 aliphatic carbocycles. The second-order valence-corrected chi connectivity index (χ2v) is 6.08. The van der Waals surface area contributed by atoms with E-state index in [9.17, 15) is 8.42 Å². The molecule has 17 heavy (non-hydrogen) atoms. The lowest BCUT2D eigenvalue weighted by Gasteiger charge is -2.06. The van der Waals surface area contributed by atoms with Crippen LogP contribution >= 0.6 is 0 Å². The summed E-state index contributed by atoms with van der Waals surface area (Å²) in [7, 11) is -2.99. The highest BCUT2D eigenvalue weighted by atomic mass is 32.2. The average molecular weight is 256 g/mol. The summed E-state index contributed by atoms with van der Waals surface area (Å²) in [5, 5.41) is 7.14. The molecule has 0 amide bonds. The van der Waals surface area contributed by atoms with E-state index >= 15 is 0 Å². The van der Waals surface area contributed by atoms with Crippen molar-refractivity contribution in [3.8, 4) is 5.75 Å². The van der Waals surface area contributed by atoms with Gasteiger partial charge in [0.1, 0.15) is 12.4 Å². The van der Waals surface area contributed by atoms with Crippen molar-refractivity contribution in [3.05, 3.63) is 29.8 Å². The third-order valence-electron chi connectivity index (χ3n) is 2.04. The van der Waals surface area contributed by atoms with Gasteiger partial charge in [0.25, 0.3) is 0 Å². The molecule has 5 nitrogen and oxygen atoms in total. The minimum absolute atomic E-state index is 0.00218. The summed E-state index contributed by atoms with van der Waals surface area (Å²) in [6.07, 6.45) is 1.58. The predicted octanol–water partition coefficient (Wildman–Crippen LogP) is 0.588. The van der Waals surface area contributed by atoms with Crippen LogP contribution in [-0.2, 0) is 16.3 Å². The molecule has 0 radical (unpaired) electrons. The van der Waals surface area contributed by atoms with Crippen LogP contribution in [-0.4, -0.2) is 32.9 Å². The maximum absolute atomic E-state index is 10.9. The lowest BCUT2D eigenvalue weighted by Crippen LogP contribution is -2.13. The molecular formula is C11H16N2O3S. The summed E-state index contributed by atoms with van der Waals surface area (Å²) in [6, 6.07) is 7.08. The van der Waals surface area contributed by atoms with Crippen LogP contribution in [0, 0.1) is 5.41 Å². The van der Waals surface area contributed by atoms with Crippen LogP contribution in [0.25, 0.3) is 0 Å². The van der Waals surface area contributed by atoms with Crippen LogP contribution in [0.4, 0.5) is 0 Å². The quantitative estimate of drug-likeness (QED) is 0.575. The van der Waals surface area contributed by atoms with Gasteiger partial charge in [0.2, 0.25) is 0 Å². The lowest BCUT2D eigenvalue weighted by atomic mass is 10.1. The highest BCUT2D eigenvalue weighted by Gasteiger charge is 2.02. The maximum atomic E-state index is 10.9. The number of hydrogen-bond acceptors (Lipinski definition) is 4. The Morgan fingerprint density at radius 3 is 2.41 bits per heavy atom. The third-order valence-corrected chi connectivity index (χ3v) is 2.95. The van der Waals surface area contributed by atoms with E-state index < -0.39 is 9.84 Å². The molecule has 0 atom stereocenters. The van der Waals surface area contributed by atoms with Crippen LogP contribution in [0.5, 0.6) is 5.75 Å². The van der Waals surface area contributed by atoms with Gasteiger partial charge in [-0.1, -0.05) is 12.1 Å². The first-order chi connectivity index (χ1) is 7.87. The molecule has 6 heteroatoms. The Hall–Kier alpha value is -1.56. The molecule has 0 unspecified atom stereocenters. The predicted molar refractivity (Wildman–Crippen MR) is 67.3 cm³/mol. The normalized spacial score (nSPS) is 11.1. The largest absolute Gasteiger partial charge is 0.493 e. The van der Waals surface area contributed by atoms with Gasteiger partial charge >= 0.3 is 0 Å². The molecular weight excluding hydrogens is 240 g/mol. The van der Waals surface area contributed by atoms with Crippen molar-refractivity contribution in [2.45, 2.75) is 6.42 Å². The van der Waals surface area contributed by atoms with Crippen molar-refractivity contribution in [3.63, 3.8) is 0 Å². The van der Waals surface area contributed by atoms with Gasteiger partial charge in [-0.15, -0.1) is 0 Å². The molecule has 1 aromatic carbocycles. The Labute approximate surface area is 101 Å². The minimum Gasteiger partial charge on any atom is -0.493 e. The van der Waals surface area contributed by atoms with Crippen molar-refractivity contribution in [2.75, 3.05) is 18.6 Å². The van der Waals surface area contributed by atoms with Crippen LogP contribution < -0.4 is 10.5 Å². The molecule has 3 N–H and O–H groups in total. The second kappa shape index (κ2) is 5.67. The number of nitrogens with one attached hydrogen (secondary N) is 1. The van der Waals surface area contributed by atoms with Crippen molar-refractivity contribution in [1.82, 2.24) is 0 Å². The molecule has 1 rings (SSSR count). The van der Waals surface area contributed by atoms with Gasteiger partial charge in [-0.25, -0.2) is 8.42 Å². The topological polar surface area (TPSA) is 93.2 Å². The number of benzene rings is 1. The summed E-state index contributed by atoms with van der Waals surface area (Å²) in [5.41, 5.74) is 6.20. The summed E-state index contributed by atoms with van der Waals surface area (Å²) in [5.74, 6) is 0.721. The summed E-state index contributed by atoms with van der Waals surface area (Å²) >= 11 is 0. The highest BCUT2D eigenvalue weighted by Crippen LogP contribution is 2.12. The number of amidine groups is 1. The molecule has 0 saturated heterocycles. The summed E-state index contributed by atoms with van der Waals surface area (Å²) < 4.78 is 27.0. The van der Waals surface area contributed by atoms with Gasteiger partial charge in [0.15, 0.2) is 9.84 Å². The zero-order valence-corrected chi connectivity index (χ0v) is 10.5. The smallest absolute Gasteiger partial charge is 0.150 e. The first-order valence-electron chi connectivity index (χ1n) is 5.09. The molecule has 0 heterocycles. The van der Waals surface area contributed by atoms with Crippen LogP contribution in [0.1, 0.15) is 5.56 Å². The summed E-state index contributed by atoms with van der Waals surface area (Å²) in [6.45, 7) is 0.144. The SMILES string of the molecule is CS(=O)(=O)CCOc1ccc(CC(=N)N)cc1. The molecule has 0 fully saturated rings. The first-order valence-corrected chi connectivity index (χ1v) is 7.15. The molecule has 0 aromatic heterocycles. The molecule has 0 bridgehead atoms. The minimum atomic E-state index is -2.99. The third kappa shape index (κ3) is 5.91. The second-order valence-electron chi connectivity index (χ2n) is 3.82. The Balaban J connectivity index is 2.48. The molecule has 0 saturated carbocycles. The number of rotatable bonds is 6. The van der Waals surface area contributed by atoms with Crippen LogP contribution in [0.2, 0.25) is 0 Å². The van der Waals surface area contributed by atoms with Crippen LogP contribution in [0.15, 0.2) is 24.3 Å². The number of sulfone groups is 1. The number of ether oxygens (including phenoxy) is 1. The monoisotopic (exact) mass is 256 g/mol. The Kier molecular flexibility index (Phi) is 4.51. The standard InChI is InChI=1S/C11H16N2O3S/c1-17(14,15)7-6-16-10-4-2-9(3-5-10)8-11(12)13/h2-5H,6-8H2,1H3,(H3,12,13). The molecule has 1 aromatic rings. The van der Waals surface area contributed by atoms with E-state index in [0.717, 1.165) is 5.56 Å². The fourth-order valence-corrected chi connectivity index (χ4v) is 1.62. The molecule has 0 aliphatic rings. The fraction of sp³-hybridized carbons (Fsp3) is 0.364.